The van der Waals surface area contributed by atoms with Gasteiger partial charge in [0.2, 0.25) is 5.91 Å². The summed E-state index contributed by atoms with van der Waals surface area (Å²) in [5, 5.41) is 13.9. The van der Waals surface area contributed by atoms with E-state index < -0.39 is 0 Å². The van der Waals surface area contributed by atoms with Gasteiger partial charge in [0, 0.05) is 6.04 Å². The van der Waals surface area contributed by atoms with Crippen LogP contribution in [0.2, 0.25) is 0 Å². The molecule has 0 bridgehead atoms. The number of furan rings is 1. The number of carbonyl (C=O) groups excluding carboxylic acids is 2. The number of carbonyl (C=O) groups is 2. The number of aromatic nitrogens is 2. The van der Waals surface area contributed by atoms with Crippen LogP contribution in [0.1, 0.15) is 36.0 Å². The molecule has 8 nitrogen and oxygen atoms in total. The summed E-state index contributed by atoms with van der Waals surface area (Å²) in [6.07, 6.45) is 5.79. The van der Waals surface area contributed by atoms with Gasteiger partial charge >= 0.3 is 0 Å². The first-order valence-electron chi connectivity index (χ1n) is 9.39. The molecular formula is C20H20N4O4S. The van der Waals surface area contributed by atoms with Crippen LogP contribution in [0.15, 0.2) is 56.7 Å². The largest absolute Gasteiger partial charge is 0.459 e. The first-order valence-corrected chi connectivity index (χ1v) is 10.4. The molecule has 2 aromatic heterocycles. The standard InChI is InChI=1S/C20H20N4O4S/c25-17(12-29-20-24-23-19(28-20)16-10-5-11-27-16)22-15-9-4-3-8-14(15)18(26)21-13-6-1-2-7-13/h3-5,8-11,13H,1-2,6-7,12H2,(H,21,26)(H,22,25). The Hall–Kier alpha value is -3.07. The van der Waals surface area contributed by atoms with Crippen molar-refractivity contribution in [1.29, 1.82) is 0 Å². The third-order valence-corrected chi connectivity index (χ3v) is 5.42. The molecule has 1 saturated carbocycles. The minimum absolute atomic E-state index is 0.0678. The number of nitrogens with one attached hydrogen (secondary N) is 2. The lowest BCUT2D eigenvalue weighted by molar-refractivity contribution is -0.113. The van der Waals surface area contributed by atoms with E-state index in [0.717, 1.165) is 37.4 Å². The zero-order valence-corrected chi connectivity index (χ0v) is 16.4. The van der Waals surface area contributed by atoms with E-state index >= 15 is 0 Å². The summed E-state index contributed by atoms with van der Waals surface area (Å²) in [5.41, 5.74) is 0.936. The third kappa shape index (κ3) is 4.86. The van der Waals surface area contributed by atoms with Gasteiger partial charge in [-0.3, -0.25) is 9.59 Å². The number of hydrogen-bond acceptors (Lipinski definition) is 7. The predicted octanol–water partition coefficient (Wildman–Crippen LogP) is 3.73. The lowest BCUT2D eigenvalue weighted by Gasteiger charge is -2.14. The molecule has 0 spiro atoms. The maximum atomic E-state index is 12.6. The van der Waals surface area contributed by atoms with Gasteiger partial charge in [-0.1, -0.05) is 36.7 Å². The second-order valence-electron chi connectivity index (χ2n) is 6.69. The average molecular weight is 412 g/mol. The maximum Gasteiger partial charge on any atom is 0.284 e. The van der Waals surface area contributed by atoms with Gasteiger partial charge < -0.3 is 19.5 Å². The molecule has 2 amide bonds. The Balaban J connectivity index is 1.34. The van der Waals surface area contributed by atoms with E-state index in [4.69, 9.17) is 8.83 Å². The maximum absolute atomic E-state index is 12.6. The van der Waals surface area contributed by atoms with Gasteiger partial charge in [0.15, 0.2) is 5.76 Å². The molecule has 1 aliphatic carbocycles. The molecule has 150 valence electrons. The van der Waals surface area contributed by atoms with E-state index in [1.54, 1.807) is 36.4 Å². The number of nitrogens with zero attached hydrogens (tertiary/aromatic N) is 2. The summed E-state index contributed by atoms with van der Waals surface area (Å²) in [4.78, 5) is 25.0. The van der Waals surface area contributed by atoms with Crippen LogP contribution in [0.3, 0.4) is 0 Å². The summed E-state index contributed by atoms with van der Waals surface area (Å²) >= 11 is 1.11. The van der Waals surface area contributed by atoms with Gasteiger partial charge in [-0.05, 0) is 37.1 Å². The number of rotatable bonds is 7. The summed E-state index contributed by atoms with van der Waals surface area (Å²) in [5.74, 6) is 0.357. The zero-order chi connectivity index (χ0) is 20.1. The smallest absolute Gasteiger partial charge is 0.284 e. The number of benzene rings is 1. The minimum atomic E-state index is -0.270. The highest BCUT2D eigenvalue weighted by atomic mass is 32.2. The SMILES string of the molecule is O=C(CSc1nnc(-c2ccco2)o1)Nc1ccccc1C(=O)NC1CCCC1. The topological polar surface area (TPSA) is 110 Å². The molecule has 0 aliphatic heterocycles. The van der Waals surface area contributed by atoms with E-state index in [-0.39, 0.29) is 34.7 Å². The van der Waals surface area contributed by atoms with Crippen LogP contribution in [-0.4, -0.2) is 33.8 Å². The van der Waals surface area contributed by atoms with E-state index in [2.05, 4.69) is 20.8 Å². The Morgan fingerprint density at radius 3 is 2.72 bits per heavy atom. The van der Waals surface area contributed by atoms with Crippen LogP contribution in [0.5, 0.6) is 0 Å². The van der Waals surface area contributed by atoms with E-state index in [1.165, 1.54) is 6.26 Å². The second-order valence-corrected chi connectivity index (χ2v) is 7.61. The van der Waals surface area contributed by atoms with Crippen molar-refractivity contribution in [2.24, 2.45) is 0 Å². The fourth-order valence-corrected chi connectivity index (χ4v) is 3.77. The predicted molar refractivity (Wildman–Crippen MR) is 108 cm³/mol. The van der Waals surface area contributed by atoms with Crippen molar-refractivity contribution < 1.29 is 18.4 Å². The zero-order valence-electron chi connectivity index (χ0n) is 15.6. The molecule has 1 fully saturated rings. The number of amides is 2. The summed E-state index contributed by atoms with van der Waals surface area (Å²) < 4.78 is 10.7. The Kier molecular flexibility index (Phi) is 5.95. The molecule has 9 heteroatoms. The fraction of sp³-hybridized carbons (Fsp3) is 0.300. The van der Waals surface area contributed by atoms with Crippen molar-refractivity contribution in [3.05, 3.63) is 48.2 Å². The lowest BCUT2D eigenvalue weighted by atomic mass is 10.1. The van der Waals surface area contributed by atoms with E-state index in [0.29, 0.717) is 17.0 Å². The van der Waals surface area contributed by atoms with Gasteiger partial charge in [-0.25, -0.2) is 0 Å². The Bertz CT molecular complexity index is 980. The van der Waals surface area contributed by atoms with Crippen LogP contribution in [0.4, 0.5) is 5.69 Å². The monoisotopic (exact) mass is 412 g/mol. The van der Waals surface area contributed by atoms with Crippen LogP contribution in [-0.2, 0) is 4.79 Å². The number of anilines is 1. The fourth-order valence-electron chi connectivity index (χ4n) is 3.20. The van der Waals surface area contributed by atoms with Crippen molar-refractivity contribution in [3.8, 4) is 11.7 Å². The number of hydrogen-bond donors (Lipinski definition) is 2. The molecule has 0 atom stereocenters. The van der Waals surface area contributed by atoms with Crippen molar-refractivity contribution in [1.82, 2.24) is 15.5 Å². The molecule has 1 aliphatic rings. The van der Waals surface area contributed by atoms with E-state index in [1.807, 2.05) is 0 Å². The van der Waals surface area contributed by atoms with E-state index in [9.17, 15) is 9.59 Å². The number of thioether (sulfide) groups is 1. The molecule has 0 saturated heterocycles. The molecule has 29 heavy (non-hydrogen) atoms. The molecule has 0 unspecified atom stereocenters. The second kappa shape index (κ2) is 8.95. The highest BCUT2D eigenvalue weighted by Gasteiger charge is 2.20. The van der Waals surface area contributed by atoms with Crippen LogP contribution >= 0.6 is 11.8 Å². The van der Waals surface area contributed by atoms with Crippen LogP contribution in [0, 0.1) is 0 Å². The highest BCUT2D eigenvalue weighted by molar-refractivity contribution is 7.99. The van der Waals surface area contributed by atoms with Gasteiger partial charge in [0.1, 0.15) is 0 Å². The Morgan fingerprint density at radius 2 is 1.93 bits per heavy atom. The van der Waals surface area contributed by atoms with Gasteiger partial charge in [0.05, 0.1) is 23.3 Å². The van der Waals surface area contributed by atoms with Crippen molar-refractivity contribution in [2.45, 2.75) is 36.9 Å². The Labute approximate surface area is 171 Å². The summed E-state index contributed by atoms with van der Waals surface area (Å²) in [6.45, 7) is 0. The Morgan fingerprint density at radius 1 is 1.10 bits per heavy atom. The molecule has 0 radical (unpaired) electrons. The first kappa shape index (κ1) is 19.3. The normalized spacial score (nSPS) is 14.1. The van der Waals surface area contributed by atoms with Gasteiger partial charge in [0.25, 0.3) is 17.0 Å². The molecule has 2 N–H and O–H groups in total. The van der Waals surface area contributed by atoms with Crippen molar-refractivity contribution >= 4 is 29.3 Å². The quantitative estimate of drug-likeness (QED) is 0.569. The van der Waals surface area contributed by atoms with Crippen molar-refractivity contribution in [2.75, 3.05) is 11.1 Å². The van der Waals surface area contributed by atoms with Gasteiger partial charge in [-0.2, -0.15) is 0 Å². The molecular weight excluding hydrogens is 392 g/mol. The van der Waals surface area contributed by atoms with Crippen LogP contribution < -0.4 is 10.6 Å². The lowest BCUT2D eigenvalue weighted by Crippen LogP contribution is -2.33. The average Bonchev–Trinajstić information content (AvgIpc) is 3.48. The summed E-state index contributed by atoms with van der Waals surface area (Å²) in [7, 11) is 0. The summed E-state index contributed by atoms with van der Waals surface area (Å²) in [6, 6.07) is 10.6. The molecule has 2 heterocycles. The van der Waals surface area contributed by atoms with Gasteiger partial charge in [-0.15, -0.1) is 10.2 Å². The molecule has 1 aromatic carbocycles. The first-order chi connectivity index (χ1) is 14.2. The minimum Gasteiger partial charge on any atom is -0.459 e. The molecule has 4 rings (SSSR count). The van der Waals surface area contributed by atoms with Crippen LogP contribution in [0.25, 0.3) is 11.7 Å². The highest BCUT2D eigenvalue weighted by Crippen LogP contribution is 2.24. The van der Waals surface area contributed by atoms with Crippen molar-refractivity contribution in [3.63, 3.8) is 0 Å². The molecule has 3 aromatic rings. The number of para-hydroxylation sites is 1. The third-order valence-electron chi connectivity index (χ3n) is 4.60.